The van der Waals surface area contributed by atoms with Gasteiger partial charge in [-0.3, -0.25) is 19.2 Å². The molecule has 0 radical (unpaired) electrons. The number of methoxy groups -OCH3 is 1. The van der Waals surface area contributed by atoms with Gasteiger partial charge >= 0.3 is 0 Å². The monoisotopic (exact) mass is 408 g/mol. The molecule has 0 saturated carbocycles. The van der Waals surface area contributed by atoms with Gasteiger partial charge in [-0.15, -0.1) is 0 Å². The molecule has 1 aliphatic rings. The van der Waals surface area contributed by atoms with Crippen molar-refractivity contribution in [2.24, 2.45) is 0 Å². The zero-order valence-electron chi connectivity index (χ0n) is 14.4. The van der Waals surface area contributed by atoms with Crippen molar-refractivity contribution in [1.82, 2.24) is 0 Å². The fourth-order valence-electron chi connectivity index (χ4n) is 2.78. The lowest BCUT2D eigenvalue weighted by Gasteiger charge is -2.24. The van der Waals surface area contributed by atoms with E-state index in [1.54, 1.807) is 12.1 Å². The minimum absolute atomic E-state index is 0.0230. The van der Waals surface area contributed by atoms with Crippen molar-refractivity contribution in [1.29, 1.82) is 0 Å². The molecule has 0 spiro atoms. The van der Waals surface area contributed by atoms with Gasteiger partial charge in [0.25, 0.3) is 10.0 Å². The van der Waals surface area contributed by atoms with E-state index in [2.05, 4.69) is 4.72 Å². The lowest BCUT2D eigenvalue weighted by Crippen LogP contribution is -2.40. The predicted molar refractivity (Wildman–Crippen MR) is 102 cm³/mol. The van der Waals surface area contributed by atoms with Crippen molar-refractivity contribution in [3.05, 3.63) is 47.5 Å². The Hall–Kier alpha value is -2.58. The van der Waals surface area contributed by atoms with Gasteiger partial charge in [-0.05, 0) is 48.9 Å². The molecule has 7 nitrogen and oxygen atoms in total. The third-order valence-corrected chi connectivity index (χ3v) is 5.71. The molecule has 0 atom stereocenters. The van der Waals surface area contributed by atoms with Crippen molar-refractivity contribution in [3.8, 4) is 5.75 Å². The molecule has 1 N–H and O–H groups in total. The number of benzene rings is 2. The van der Waals surface area contributed by atoms with Gasteiger partial charge in [-0.25, -0.2) is 8.42 Å². The number of carbonyl (C=O) groups is 2. The maximum Gasteiger partial charge on any atom is 0.262 e. The number of imide groups is 1. The van der Waals surface area contributed by atoms with Crippen molar-refractivity contribution < 1.29 is 22.7 Å². The molecular weight excluding hydrogens is 392 g/mol. The topological polar surface area (TPSA) is 92.8 Å². The molecule has 2 amide bonds. The number of sulfonamides is 1. The molecule has 1 aliphatic heterocycles. The number of carbonyl (C=O) groups excluding carboxylic acids is 2. The van der Waals surface area contributed by atoms with Gasteiger partial charge in [-0.2, -0.15) is 0 Å². The number of halogens is 1. The van der Waals surface area contributed by atoms with Crippen molar-refractivity contribution in [2.45, 2.75) is 24.2 Å². The Morgan fingerprint density at radius 2 is 1.67 bits per heavy atom. The average molecular weight is 409 g/mol. The maximum atomic E-state index is 12.6. The van der Waals surface area contributed by atoms with Crippen molar-refractivity contribution in [3.63, 3.8) is 0 Å². The number of nitrogens with zero attached hydrogens (tertiary/aromatic N) is 1. The van der Waals surface area contributed by atoms with Crippen LogP contribution in [0.3, 0.4) is 0 Å². The fraction of sp³-hybridized carbons (Fsp3) is 0.222. The number of piperidine rings is 1. The normalized spacial score (nSPS) is 15.0. The van der Waals surface area contributed by atoms with E-state index in [9.17, 15) is 18.0 Å². The number of nitrogens with one attached hydrogen (secondary N) is 1. The summed E-state index contributed by atoms with van der Waals surface area (Å²) in [6.45, 7) is 0. The van der Waals surface area contributed by atoms with E-state index in [0.29, 0.717) is 35.7 Å². The molecule has 0 aromatic heterocycles. The maximum absolute atomic E-state index is 12.6. The number of rotatable bonds is 5. The Morgan fingerprint density at radius 1 is 1.04 bits per heavy atom. The quantitative estimate of drug-likeness (QED) is 0.767. The summed E-state index contributed by atoms with van der Waals surface area (Å²) in [6.07, 6.45) is 1.12. The van der Waals surface area contributed by atoms with Gasteiger partial charge in [0.15, 0.2) is 0 Å². The van der Waals surface area contributed by atoms with Gasteiger partial charge in [0, 0.05) is 17.9 Å². The van der Waals surface area contributed by atoms with Crippen LogP contribution in [0.4, 0.5) is 11.4 Å². The van der Waals surface area contributed by atoms with Crippen molar-refractivity contribution >= 4 is 44.8 Å². The highest BCUT2D eigenvalue weighted by molar-refractivity contribution is 7.92. The molecule has 142 valence electrons. The Labute approximate surface area is 161 Å². The predicted octanol–water partition coefficient (Wildman–Crippen LogP) is 3.19. The first-order chi connectivity index (χ1) is 12.8. The van der Waals surface area contributed by atoms with E-state index >= 15 is 0 Å². The molecule has 0 unspecified atom stereocenters. The second-order valence-corrected chi connectivity index (χ2v) is 8.04. The Morgan fingerprint density at radius 3 is 2.26 bits per heavy atom. The van der Waals surface area contributed by atoms with Gasteiger partial charge < -0.3 is 4.74 Å². The molecule has 9 heteroatoms. The van der Waals surface area contributed by atoms with Crippen LogP contribution in [-0.4, -0.2) is 27.3 Å². The second kappa shape index (κ2) is 7.58. The Kier molecular flexibility index (Phi) is 5.38. The summed E-state index contributed by atoms with van der Waals surface area (Å²) in [5, 5.41) is 0.353. The van der Waals surface area contributed by atoms with Crippen LogP contribution < -0.4 is 14.4 Å². The third-order valence-electron chi connectivity index (χ3n) is 4.09. The minimum atomic E-state index is -3.91. The molecule has 3 rings (SSSR count). The summed E-state index contributed by atoms with van der Waals surface area (Å²) in [4.78, 5) is 25.0. The number of anilines is 2. The van der Waals surface area contributed by atoms with E-state index in [1.165, 1.54) is 37.4 Å². The lowest BCUT2D eigenvalue weighted by atomic mass is 10.1. The van der Waals surface area contributed by atoms with Crippen LogP contribution in [0.15, 0.2) is 47.4 Å². The number of hydrogen-bond donors (Lipinski definition) is 1. The van der Waals surface area contributed by atoms with Crippen LogP contribution in [0.2, 0.25) is 5.02 Å². The SMILES string of the molecule is COc1ccc(Cl)cc1NS(=O)(=O)c1ccc(N2C(=O)CCCC2=O)cc1. The average Bonchev–Trinajstić information content (AvgIpc) is 2.62. The standard InChI is InChI=1S/C18H17ClN2O5S/c1-26-16-10-5-12(19)11-15(16)20-27(24,25)14-8-6-13(7-9-14)21-17(22)3-2-4-18(21)23/h5-11,20H,2-4H2,1H3. The van der Waals surface area contributed by atoms with Crippen molar-refractivity contribution in [2.75, 3.05) is 16.7 Å². The van der Waals surface area contributed by atoms with E-state index in [1.807, 2.05) is 0 Å². The second-order valence-electron chi connectivity index (χ2n) is 5.92. The third kappa shape index (κ3) is 4.06. The van der Waals surface area contributed by atoms with Gasteiger partial charge in [0.05, 0.1) is 23.4 Å². The fourth-order valence-corrected chi connectivity index (χ4v) is 4.01. The van der Waals surface area contributed by atoms with Crippen LogP contribution in [0.1, 0.15) is 19.3 Å². The highest BCUT2D eigenvalue weighted by atomic mass is 35.5. The lowest BCUT2D eigenvalue weighted by molar-refractivity contribution is -0.129. The Bertz CT molecular complexity index is 973. The van der Waals surface area contributed by atoms with Crippen LogP contribution in [0.25, 0.3) is 0 Å². The number of ether oxygens (including phenoxy) is 1. The highest BCUT2D eigenvalue weighted by Crippen LogP contribution is 2.30. The molecule has 2 aromatic rings. The largest absolute Gasteiger partial charge is 0.495 e. The number of amides is 2. The van der Waals surface area contributed by atoms with E-state index in [4.69, 9.17) is 16.3 Å². The first-order valence-electron chi connectivity index (χ1n) is 8.14. The smallest absolute Gasteiger partial charge is 0.262 e. The summed E-state index contributed by atoms with van der Waals surface area (Å²) < 4.78 is 32.8. The van der Waals surface area contributed by atoms with E-state index in [-0.39, 0.29) is 22.4 Å². The van der Waals surface area contributed by atoms with Crippen LogP contribution in [-0.2, 0) is 19.6 Å². The van der Waals surface area contributed by atoms with Gasteiger partial charge in [0.2, 0.25) is 11.8 Å². The van der Waals surface area contributed by atoms with E-state index in [0.717, 1.165) is 4.90 Å². The van der Waals surface area contributed by atoms with Gasteiger partial charge in [0.1, 0.15) is 5.75 Å². The zero-order chi connectivity index (χ0) is 19.6. The molecule has 1 heterocycles. The molecule has 0 aliphatic carbocycles. The first kappa shape index (κ1) is 19.2. The van der Waals surface area contributed by atoms with Crippen LogP contribution in [0.5, 0.6) is 5.75 Å². The van der Waals surface area contributed by atoms with Crippen LogP contribution in [0, 0.1) is 0 Å². The minimum Gasteiger partial charge on any atom is -0.495 e. The molecule has 2 aromatic carbocycles. The van der Waals surface area contributed by atoms with Gasteiger partial charge in [-0.1, -0.05) is 11.6 Å². The molecule has 1 saturated heterocycles. The van der Waals surface area contributed by atoms with Crippen LogP contribution >= 0.6 is 11.6 Å². The molecule has 0 bridgehead atoms. The van der Waals surface area contributed by atoms with E-state index < -0.39 is 10.0 Å². The summed E-state index contributed by atoms with van der Waals surface area (Å²) in [5.74, 6) is -0.253. The summed E-state index contributed by atoms with van der Waals surface area (Å²) >= 11 is 5.92. The number of hydrogen-bond acceptors (Lipinski definition) is 5. The molecule has 1 fully saturated rings. The zero-order valence-corrected chi connectivity index (χ0v) is 16.0. The first-order valence-corrected chi connectivity index (χ1v) is 10.00. The summed E-state index contributed by atoms with van der Waals surface area (Å²) in [7, 11) is -2.50. The molecular formula is C18H17ClN2O5S. The summed E-state index contributed by atoms with van der Waals surface area (Å²) in [6, 6.07) is 10.1. The Balaban J connectivity index is 1.87. The highest BCUT2D eigenvalue weighted by Gasteiger charge is 2.27. The summed E-state index contributed by atoms with van der Waals surface area (Å²) in [5.41, 5.74) is 0.555. The molecule has 27 heavy (non-hydrogen) atoms.